The minimum atomic E-state index is -0.762. The molecule has 18 heavy (non-hydrogen) atoms. The van der Waals surface area contributed by atoms with Crippen LogP contribution in [0.5, 0.6) is 0 Å². The standard InChI is InChI=1S/C11H17N3O4/c1-8(9(16)7-15)18-6-5-12-10(17)3-4-11(2)13-14-11/h7-8H,3-6H2,1-2H3,(H,12,17). The maximum Gasteiger partial charge on any atom is 0.223 e. The molecule has 1 atom stereocenters. The molecule has 7 heteroatoms. The molecule has 1 heterocycles. The molecule has 7 nitrogen and oxygen atoms in total. The third-order valence-electron chi connectivity index (χ3n) is 2.58. The predicted molar refractivity (Wildman–Crippen MR) is 62.0 cm³/mol. The van der Waals surface area contributed by atoms with Gasteiger partial charge in [-0.05, 0) is 13.8 Å². The fourth-order valence-electron chi connectivity index (χ4n) is 1.23. The van der Waals surface area contributed by atoms with Gasteiger partial charge in [0, 0.05) is 19.4 Å². The molecule has 0 bridgehead atoms. The average molecular weight is 255 g/mol. The lowest BCUT2D eigenvalue weighted by molar-refractivity contribution is -0.137. The van der Waals surface area contributed by atoms with Crippen LogP contribution in [0.2, 0.25) is 0 Å². The third kappa shape index (κ3) is 5.13. The molecule has 0 saturated carbocycles. The van der Waals surface area contributed by atoms with Crippen molar-refractivity contribution in [3.8, 4) is 0 Å². The van der Waals surface area contributed by atoms with Gasteiger partial charge in [0.2, 0.25) is 11.7 Å². The van der Waals surface area contributed by atoms with Crippen LogP contribution in [0.15, 0.2) is 10.2 Å². The predicted octanol–water partition coefficient (Wildman–Crippen LogP) is 0.238. The largest absolute Gasteiger partial charge is 0.368 e. The Hall–Kier alpha value is -1.63. The van der Waals surface area contributed by atoms with Crippen molar-refractivity contribution in [3.63, 3.8) is 0 Å². The van der Waals surface area contributed by atoms with E-state index in [-0.39, 0.29) is 24.5 Å². The van der Waals surface area contributed by atoms with Crippen LogP contribution in [0.3, 0.4) is 0 Å². The van der Waals surface area contributed by atoms with Crippen LogP contribution in [0.4, 0.5) is 0 Å². The molecule has 0 saturated heterocycles. The van der Waals surface area contributed by atoms with Crippen LogP contribution in [-0.2, 0) is 19.1 Å². The first-order valence-corrected chi connectivity index (χ1v) is 5.78. The van der Waals surface area contributed by atoms with Gasteiger partial charge >= 0.3 is 0 Å². The second-order valence-corrected chi connectivity index (χ2v) is 4.30. The zero-order chi connectivity index (χ0) is 13.6. The van der Waals surface area contributed by atoms with Crippen molar-refractivity contribution in [1.82, 2.24) is 5.32 Å². The van der Waals surface area contributed by atoms with Gasteiger partial charge < -0.3 is 10.1 Å². The summed E-state index contributed by atoms with van der Waals surface area (Å²) in [5.74, 6) is -0.710. The maximum absolute atomic E-state index is 11.4. The van der Waals surface area contributed by atoms with E-state index in [1.54, 1.807) is 0 Å². The summed E-state index contributed by atoms with van der Waals surface area (Å²) in [4.78, 5) is 32.4. The number of hydrogen-bond donors (Lipinski definition) is 1. The second-order valence-electron chi connectivity index (χ2n) is 4.30. The number of ether oxygens (including phenoxy) is 1. The van der Waals surface area contributed by atoms with Gasteiger partial charge in [0.1, 0.15) is 6.10 Å². The van der Waals surface area contributed by atoms with Crippen LogP contribution in [0.1, 0.15) is 26.7 Å². The highest BCUT2D eigenvalue weighted by Crippen LogP contribution is 2.31. The monoisotopic (exact) mass is 255 g/mol. The molecular weight excluding hydrogens is 238 g/mol. The summed E-state index contributed by atoms with van der Waals surface area (Å²) in [5.41, 5.74) is -0.362. The average Bonchev–Trinajstić information content (AvgIpc) is 3.09. The van der Waals surface area contributed by atoms with Crippen LogP contribution in [-0.4, -0.2) is 42.9 Å². The van der Waals surface area contributed by atoms with E-state index in [1.807, 2.05) is 6.92 Å². The Balaban J connectivity index is 2.01. The summed E-state index contributed by atoms with van der Waals surface area (Å²) in [7, 11) is 0. The first kappa shape index (κ1) is 14.4. The molecule has 0 fully saturated rings. The number of rotatable bonds is 9. The van der Waals surface area contributed by atoms with Gasteiger partial charge in [0.05, 0.1) is 6.61 Å². The first-order chi connectivity index (χ1) is 8.47. The Morgan fingerprint density at radius 1 is 1.44 bits per heavy atom. The van der Waals surface area contributed by atoms with Crippen molar-refractivity contribution < 1.29 is 19.1 Å². The van der Waals surface area contributed by atoms with Gasteiger partial charge in [0.15, 0.2) is 11.9 Å². The molecule has 0 spiro atoms. The highest BCUT2D eigenvalue weighted by molar-refractivity contribution is 6.26. The number of carbonyl (C=O) groups excluding carboxylic acids is 3. The molecule has 1 aliphatic heterocycles. The molecule has 1 N–H and O–H groups in total. The highest BCUT2D eigenvalue weighted by atomic mass is 16.5. The molecule has 0 radical (unpaired) electrons. The summed E-state index contributed by atoms with van der Waals surface area (Å²) in [6.07, 6.45) is 0.418. The van der Waals surface area contributed by atoms with Gasteiger partial charge in [-0.1, -0.05) is 0 Å². The van der Waals surface area contributed by atoms with Crippen LogP contribution < -0.4 is 5.32 Å². The van der Waals surface area contributed by atoms with Gasteiger partial charge in [-0.2, -0.15) is 10.2 Å². The smallest absolute Gasteiger partial charge is 0.223 e. The van der Waals surface area contributed by atoms with E-state index in [0.717, 1.165) is 0 Å². The second kappa shape index (κ2) is 6.34. The summed E-state index contributed by atoms with van der Waals surface area (Å²) in [6.45, 7) is 3.85. The molecule has 0 aromatic carbocycles. The summed E-state index contributed by atoms with van der Waals surface area (Å²) >= 11 is 0. The van der Waals surface area contributed by atoms with E-state index in [0.29, 0.717) is 19.4 Å². The lowest BCUT2D eigenvalue weighted by Crippen LogP contribution is -2.30. The normalized spacial score (nSPS) is 17.0. The third-order valence-corrected chi connectivity index (χ3v) is 2.58. The molecule has 1 unspecified atom stereocenters. The van der Waals surface area contributed by atoms with Crippen molar-refractivity contribution in [2.75, 3.05) is 13.2 Å². The molecule has 0 aliphatic carbocycles. The Bertz CT molecular complexity index is 361. The molecule has 0 aromatic rings. The minimum absolute atomic E-state index is 0.105. The minimum Gasteiger partial charge on any atom is -0.368 e. The lowest BCUT2D eigenvalue weighted by Gasteiger charge is -2.10. The number of nitrogens with one attached hydrogen (secondary N) is 1. The van der Waals surface area contributed by atoms with Crippen LogP contribution in [0, 0.1) is 0 Å². The number of amides is 1. The molecule has 1 rings (SSSR count). The topological polar surface area (TPSA) is 97.2 Å². The summed E-state index contributed by atoms with van der Waals surface area (Å²) < 4.78 is 5.07. The van der Waals surface area contributed by atoms with E-state index >= 15 is 0 Å². The van der Waals surface area contributed by atoms with E-state index in [4.69, 9.17) is 4.74 Å². The highest BCUT2D eigenvalue weighted by Gasteiger charge is 2.33. The molecule has 1 aliphatic rings. The van der Waals surface area contributed by atoms with Crippen molar-refractivity contribution in [2.45, 2.75) is 38.5 Å². The van der Waals surface area contributed by atoms with Gasteiger partial charge in [-0.3, -0.25) is 14.4 Å². The van der Waals surface area contributed by atoms with Crippen molar-refractivity contribution in [1.29, 1.82) is 0 Å². The van der Waals surface area contributed by atoms with E-state index < -0.39 is 11.9 Å². The number of nitrogens with zero attached hydrogens (tertiary/aromatic N) is 2. The van der Waals surface area contributed by atoms with Crippen molar-refractivity contribution >= 4 is 18.0 Å². The number of ketones is 1. The SMILES string of the molecule is CC(OCCNC(=O)CCC1(C)N=N1)C(=O)C=O. The maximum atomic E-state index is 11.4. The van der Waals surface area contributed by atoms with Crippen molar-refractivity contribution in [2.24, 2.45) is 10.2 Å². The number of aldehydes is 1. The Morgan fingerprint density at radius 3 is 2.67 bits per heavy atom. The number of carbonyl (C=O) groups is 3. The Kier molecular flexibility index (Phi) is 5.08. The fraction of sp³-hybridized carbons (Fsp3) is 0.727. The van der Waals surface area contributed by atoms with Crippen molar-refractivity contribution in [3.05, 3.63) is 0 Å². The first-order valence-electron chi connectivity index (χ1n) is 5.78. The van der Waals surface area contributed by atoms with Gasteiger partial charge in [-0.25, -0.2) is 0 Å². The van der Waals surface area contributed by atoms with Gasteiger partial charge in [-0.15, -0.1) is 0 Å². The molecule has 0 aromatic heterocycles. The van der Waals surface area contributed by atoms with Crippen LogP contribution >= 0.6 is 0 Å². The van der Waals surface area contributed by atoms with Gasteiger partial charge in [0.25, 0.3) is 0 Å². The molecule has 1 amide bonds. The number of Topliss-reactive ketones (excluding diaryl/α,β-unsaturated/α-hetero) is 1. The fourth-order valence-corrected chi connectivity index (χ4v) is 1.23. The quantitative estimate of drug-likeness (QED) is 0.362. The van der Waals surface area contributed by atoms with E-state index in [2.05, 4.69) is 15.5 Å². The lowest BCUT2D eigenvalue weighted by atomic mass is 10.1. The molecule has 100 valence electrons. The summed E-state index contributed by atoms with van der Waals surface area (Å²) in [5, 5.41) is 10.3. The number of hydrogen-bond acceptors (Lipinski definition) is 6. The summed E-state index contributed by atoms with van der Waals surface area (Å²) in [6, 6.07) is 0. The zero-order valence-electron chi connectivity index (χ0n) is 10.5. The Morgan fingerprint density at radius 2 is 2.11 bits per heavy atom. The van der Waals surface area contributed by atoms with Crippen LogP contribution in [0.25, 0.3) is 0 Å². The Labute approximate surface area is 105 Å². The van der Waals surface area contributed by atoms with E-state index in [1.165, 1.54) is 6.92 Å². The van der Waals surface area contributed by atoms with E-state index in [9.17, 15) is 14.4 Å². The zero-order valence-corrected chi connectivity index (χ0v) is 10.5. The molecular formula is C11H17N3O4.